The van der Waals surface area contributed by atoms with E-state index in [9.17, 15) is 9.13 Å². The number of hydrogen-bond acceptors (Lipinski definition) is 7. The van der Waals surface area contributed by atoms with Gasteiger partial charge in [0.05, 0.1) is 13.2 Å². The molecule has 0 aromatic heterocycles. The van der Waals surface area contributed by atoms with Crippen LogP contribution in [0.5, 0.6) is 0 Å². The third kappa shape index (κ3) is 5.22. The molecule has 0 aromatic rings. The van der Waals surface area contributed by atoms with E-state index in [0.29, 0.717) is 0 Å². The second-order valence-electron chi connectivity index (χ2n) is 2.18. The Labute approximate surface area is 89.2 Å². The van der Waals surface area contributed by atoms with Gasteiger partial charge in [-0.15, -0.1) is 0 Å². The molecule has 2 unspecified atom stereocenters. The van der Waals surface area contributed by atoms with Gasteiger partial charge in [0, 0.05) is 14.2 Å². The average Bonchev–Trinajstić information content (AvgIpc) is 2.18. The van der Waals surface area contributed by atoms with E-state index in [1.54, 1.807) is 13.8 Å². The maximum Gasteiger partial charge on any atom is 0.483 e. The summed E-state index contributed by atoms with van der Waals surface area (Å²) in [5.41, 5.74) is 0. The number of phosphoric acid groups is 2. The first-order valence-electron chi connectivity index (χ1n) is 4.27. The summed E-state index contributed by atoms with van der Waals surface area (Å²) in [5, 5.41) is 0. The summed E-state index contributed by atoms with van der Waals surface area (Å²) in [6.07, 6.45) is 0. The Morgan fingerprint density at radius 2 is 1.20 bits per heavy atom. The van der Waals surface area contributed by atoms with Crippen molar-refractivity contribution in [1.29, 1.82) is 0 Å². The number of rotatable bonds is 8. The predicted octanol–water partition coefficient (Wildman–Crippen LogP) is 2.59. The molecule has 0 saturated carbocycles. The van der Waals surface area contributed by atoms with Crippen LogP contribution in [0.3, 0.4) is 0 Å². The lowest BCUT2D eigenvalue weighted by Crippen LogP contribution is -2.00. The van der Waals surface area contributed by atoms with Crippen LogP contribution in [-0.4, -0.2) is 27.4 Å². The van der Waals surface area contributed by atoms with Crippen LogP contribution < -0.4 is 0 Å². The second-order valence-corrected chi connectivity index (χ2v) is 5.87. The Bertz CT molecular complexity index is 240. The molecule has 0 amide bonds. The molecule has 2 atom stereocenters. The molecular formula is C6H16O7P2. The zero-order valence-corrected chi connectivity index (χ0v) is 11.0. The Hall–Kier alpha value is 0.260. The van der Waals surface area contributed by atoms with E-state index in [-0.39, 0.29) is 13.2 Å². The molecular weight excluding hydrogens is 246 g/mol. The maximum atomic E-state index is 11.6. The van der Waals surface area contributed by atoms with Crippen molar-refractivity contribution in [3.05, 3.63) is 0 Å². The van der Waals surface area contributed by atoms with E-state index in [4.69, 9.17) is 9.05 Å². The zero-order chi connectivity index (χ0) is 11.9. The highest BCUT2D eigenvalue weighted by Gasteiger charge is 2.38. The third-order valence-electron chi connectivity index (χ3n) is 1.22. The van der Waals surface area contributed by atoms with Crippen molar-refractivity contribution in [2.45, 2.75) is 13.8 Å². The molecule has 0 spiro atoms. The molecule has 0 aliphatic carbocycles. The van der Waals surface area contributed by atoms with Crippen LogP contribution in [0.1, 0.15) is 13.8 Å². The van der Waals surface area contributed by atoms with Crippen LogP contribution in [0.25, 0.3) is 0 Å². The summed E-state index contributed by atoms with van der Waals surface area (Å²) in [7, 11) is -5.54. The SMILES string of the molecule is CCOP(=O)(OC)OP(=O)(OC)OCC. The first kappa shape index (κ1) is 15.3. The molecule has 0 heterocycles. The molecule has 92 valence electrons. The highest BCUT2D eigenvalue weighted by atomic mass is 31.3. The largest absolute Gasteiger partial charge is 0.483 e. The molecule has 0 bridgehead atoms. The smallest absolute Gasteiger partial charge is 0.290 e. The highest BCUT2D eigenvalue weighted by Crippen LogP contribution is 2.65. The van der Waals surface area contributed by atoms with E-state index >= 15 is 0 Å². The minimum Gasteiger partial charge on any atom is -0.290 e. The zero-order valence-electron chi connectivity index (χ0n) is 9.17. The summed E-state index contributed by atoms with van der Waals surface area (Å²) >= 11 is 0. The van der Waals surface area contributed by atoms with Gasteiger partial charge in [0.25, 0.3) is 0 Å². The Morgan fingerprint density at radius 3 is 1.40 bits per heavy atom. The summed E-state index contributed by atoms with van der Waals surface area (Å²) in [6, 6.07) is 0. The number of phosphoric ester groups is 2. The molecule has 0 rings (SSSR count). The topological polar surface area (TPSA) is 80.3 Å². The monoisotopic (exact) mass is 262 g/mol. The minimum absolute atomic E-state index is 0.0843. The molecule has 0 fully saturated rings. The molecule has 0 saturated heterocycles. The van der Waals surface area contributed by atoms with Crippen molar-refractivity contribution in [3.63, 3.8) is 0 Å². The molecule has 7 nitrogen and oxygen atoms in total. The van der Waals surface area contributed by atoms with Crippen molar-refractivity contribution in [3.8, 4) is 0 Å². The predicted molar refractivity (Wildman–Crippen MR) is 53.6 cm³/mol. The van der Waals surface area contributed by atoms with Crippen LogP contribution in [-0.2, 0) is 31.5 Å². The fourth-order valence-corrected chi connectivity index (χ4v) is 3.39. The average molecular weight is 262 g/mol. The third-order valence-corrected chi connectivity index (χ3v) is 4.86. The normalized spacial score (nSPS) is 19.5. The summed E-state index contributed by atoms with van der Waals surface area (Å²) < 4.78 is 46.3. The first-order valence-corrected chi connectivity index (χ1v) is 7.19. The highest BCUT2D eigenvalue weighted by molar-refractivity contribution is 7.62. The van der Waals surface area contributed by atoms with Gasteiger partial charge < -0.3 is 0 Å². The molecule has 15 heavy (non-hydrogen) atoms. The Morgan fingerprint density at radius 1 is 0.867 bits per heavy atom. The quantitative estimate of drug-likeness (QED) is 0.622. The van der Waals surface area contributed by atoms with Gasteiger partial charge >= 0.3 is 15.6 Å². The van der Waals surface area contributed by atoms with Crippen molar-refractivity contribution >= 4 is 15.6 Å². The van der Waals surface area contributed by atoms with E-state index in [1.807, 2.05) is 0 Å². The van der Waals surface area contributed by atoms with Gasteiger partial charge in [-0.2, -0.15) is 4.31 Å². The van der Waals surface area contributed by atoms with Gasteiger partial charge in [0.1, 0.15) is 0 Å². The standard InChI is InChI=1S/C6H16O7P2/c1-5-11-14(7,9-3)13-15(8,10-4)12-6-2/h5-6H2,1-4H3. The van der Waals surface area contributed by atoms with Crippen LogP contribution in [0, 0.1) is 0 Å². The molecule has 0 aliphatic rings. The summed E-state index contributed by atoms with van der Waals surface area (Å²) in [5.74, 6) is 0. The fourth-order valence-electron chi connectivity index (χ4n) is 0.658. The maximum absolute atomic E-state index is 11.6. The number of hydrogen-bond donors (Lipinski definition) is 0. The van der Waals surface area contributed by atoms with Crippen molar-refractivity contribution in [2.24, 2.45) is 0 Å². The fraction of sp³-hybridized carbons (Fsp3) is 1.00. The van der Waals surface area contributed by atoms with E-state index in [2.05, 4.69) is 13.4 Å². The lowest BCUT2D eigenvalue weighted by Gasteiger charge is -2.19. The molecule has 0 aliphatic heterocycles. The summed E-state index contributed by atoms with van der Waals surface area (Å²) in [4.78, 5) is 0. The van der Waals surface area contributed by atoms with Gasteiger partial charge in [-0.05, 0) is 13.8 Å². The Kier molecular flexibility index (Phi) is 6.88. The van der Waals surface area contributed by atoms with Gasteiger partial charge in [0.2, 0.25) is 0 Å². The van der Waals surface area contributed by atoms with Gasteiger partial charge in [-0.3, -0.25) is 18.1 Å². The van der Waals surface area contributed by atoms with Crippen molar-refractivity contribution in [1.82, 2.24) is 0 Å². The Balaban J connectivity index is 4.63. The molecule has 9 heteroatoms. The van der Waals surface area contributed by atoms with Gasteiger partial charge in [-0.25, -0.2) is 9.13 Å². The molecule has 0 radical (unpaired) electrons. The molecule has 0 N–H and O–H groups in total. The van der Waals surface area contributed by atoms with E-state index < -0.39 is 15.6 Å². The van der Waals surface area contributed by atoms with Crippen LogP contribution >= 0.6 is 15.6 Å². The minimum atomic E-state index is -3.88. The first-order chi connectivity index (χ1) is 6.95. The van der Waals surface area contributed by atoms with E-state index in [1.165, 1.54) is 0 Å². The van der Waals surface area contributed by atoms with Crippen LogP contribution in [0.4, 0.5) is 0 Å². The van der Waals surface area contributed by atoms with Crippen molar-refractivity contribution < 1.29 is 31.5 Å². The van der Waals surface area contributed by atoms with Crippen LogP contribution in [0.15, 0.2) is 0 Å². The summed E-state index contributed by atoms with van der Waals surface area (Å²) in [6.45, 7) is 3.35. The second kappa shape index (κ2) is 6.76. The van der Waals surface area contributed by atoms with Crippen LogP contribution in [0.2, 0.25) is 0 Å². The van der Waals surface area contributed by atoms with Crippen molar-refractivity contribution in [2.75, 3.05) is 27.4 Å². The van der Waals surface area contributed by atoms with E-state index in [0.717, 1.165) is 14.2 Å². The lowest BCUT2D eigenvalue weighted by atomic mass is 10.9. The lowest BCUT2D eigenvalue weighted by molar-refractivity contribution is 0.137. The molecule has 0 aromatic carbocycles. The van der Waals surface area contributed by atoms with Gasteiger partial charge in [-0.1, -0.05) is 0 Å². The van der Waals surface area contributed by atoms with Gasteiger partial charge in [0.15, 0.2) is 0 Å².